The van der Waals surface area contributed by atoms with Gasteiger partial charge in [0.05, 0.1) is 11.9 Å². The van der Waals surface area contributed by atoms with Crippen LogP contribution in [0.25, 0.3) is 0 Å². The van der Waals surface area contributed by atoms with Gasteiger partial charge in [0.15, 0.2) is 0 Å². The smallest absolute Gasteiger partial charge is 0.114 e. The first-order valence-corrected chi connectivity index (χ1v) is 23.2. The van der Waals surface area contributed by atoms with Gasteiger partial charge in [-0.2, -0.15) is 5.10 Å². The Hall–Kier alpha value is -3.09. The van der Waals surface area contributed by atoms with Gasteiger partial charge in [-0.25, -0.2) is 9.97 Å². The van der Waals surface area contributed by atoms with E-state index in [1.807, 2.05) is 80.3 Å². The Morgan fingerprint density at radius 3 is 1.05 bits per heavy atom. The molecule has 0 unspecified atom stereocenters. The van der Waals surface area contributed by atoms with Gasteiger partial charge in [0.2, 0.25) is 0 Å². The van der Waals surface area contributed by atoms with Crippen LogP contribution in [0, 0.1) is 0 Å². The molecule has 0 radical (unpaired) electrons. The topological polar surface area (TPSA) is 58.4 Å². The molecule has 0 spiro atoms. The fraction of sp³-hybridized carbons (Fsp3) is 0.755. The summed E-state index contributed by atoms with van der Waals surface area (Å²) in [5.41, 5.74) is 5.19. The molecule has 0 fully saturated rings. The highest BCUT2D eigenvalue weighted by Crippen LogP contribution is 2.30. The summed E-state index contributed by atoms with van der Waals surface area (Å²) < 4.78 is 8.94. The average molecular weight is 840 g/mol. The minimum Gasteiger partial charge on any atom is -0.346 e. The van der Waals surface area contributed by atoms with E-state index in [2.05, 4.69) is 230 Å². The van der Waals surface area contributed by atoms with Crippen LogP contribution in [0.2, 0.25) is 0 Å². The van der Waals surface area contributed by atoms with Crippen LogP contribution < -0.4 is 0 Å². The maximum Gasteiger partial charge on any atom is 0.114 e. The highest BCUT2D eigenvalue weighted by Gasteiger charge is 2.27. The Morgan fingerprint density at radius 1 is 0.383 bits per heavy atom. The van der Waals surface area contributed by atoms with Crippen molar-refractivity contribution < 1.29 is 0 Å². The Kier molecular flexibility index (Phi) is 27.3. The van der Waals surface area contributed by atoms with Crippen molar-refractivity contribution >= 4 is 0 Å². The van der Waals surface area contributed by atoms with Crippen LogP contribution >= 0.6 is 0 Å². The van der Waals surface area contributed by atoms with E-state index in [1.54, 1.807) is 0 Å². The Balaban J connectivity index is -0.000000329. The van der Waals surface area contributed by atoms with Crippen LogP contribution in [0.1, 0.15) is 244 Å². The number of rotatable bonds is 0. The SMILES string of the molecule is CC.CC.CC.CC.CC(C)(C)c1cccn1C(C)(C)C.CC(C)(C)c1ccnn1C(C)(C)C.CC(C)(C)c1cncn1C(C)(C)C.CC(C)(C)c1nccn1C(C)(C)C. The molecule has 4 aromatic heterocycles. The van der Waals surface area contributed by atoms with Crippen LogP contribution in [0.15, 0.2) is 55.5 Å². The highest BCUT2D eigenvalue weighted by atomic mass is 15.3. The summed E-state index contributed by atoms with van der Waals surface area (Å²) in [5.74, 6) is 1.15. The second-order valence-electron chi connectivity index (χ2n) is 22.3. The molecule has 4 aromatic rings. The lowest BCUT2D eigenvalue weighted by molar-refractivity contribution is 0.322. The maximum atomic E-state index is 4.42. The second kappa shape index (κ2) is 25.8. The molecule has 7 heteroatoms. The second-order valence-corrected chi connectivity index (χ2v) is 22.3. The van der Waals surface area contributed by atoms with E-state index in [0.717, 1.165) is 5.82 Å². The summed E-state index contributed by atoms with van der Waals surface area (Å²) in [6.07, 6.45) is 11.9. The van der Waals surface area contributed by atoms with Crippen LogP contribution in [-0.4, -0.2) is 33.4 Å². The third-order valence-electron chi connectivity index (χ3n) is 8.45. The molecule has 0 atom stereocenters. The van der Waals surface area contributed by atoms with Crippen molar-refractivity contribution in [2.24, 2.45) is 0 Å². The normalized spacial score (nSPS) is 12.0. The molecule has 4 heterocycles. The minimum atomic E-state index is 0.0755. The van der Waals surface area contributed by atoms with Crippen LogP contribution in [0.4, 0.5) is 0 Å². The summed E-state index contributed by atoms with van der Waals surface area (Å²) >= 11 is 0. The third-order valence-corrected chi connectivity index (χ3v) is 8.45. The lowest BCUT2D eigenvalue weighted by Crippen LogP contribution is -2.29. The number of nitrogens with zero attached hydrogens (tertiary/aromatic N) is 7. The van der Waals surface area contributed by atoms with Crippen molar-refractivity contribution in [3.8, 4) is 0 Å². The van der Waals surface area contributed by atoms with Gasteiger partial charge in [-0.3, -0.25) is 4.68 Å². The van der Waals surface area contributed by atoms with Gasteiger partial charge >= 0.3 is 0 Å². The molecule has 0 aromatic carbocycles. The Bertz CT molecular complexity index is 1270. The molecule has 0 aliphatic carbocycles. The van der Waals surface area contributed by atoms with E-state index >= 15 is 0 Å². The summed E-state index contributed by atoms with van der Waals surface area (Å²) in [6.45, 7) is 69.1. The molecular formula is C53H105N7. The number of hydrogen-bond acceptors (Lipinski definition) is 3. The molecule has 4 rings (SSSR count). The summed E-state index contributed by atoms with van der Waals surface area (Å²) in [7, 11) is 0. The number of aromatic nitrogens is 7. The zero-order valence-corrected chi connectivity index (χ0v) is 46.3. The molecule has 0 bridgehead atoms. The van der Waals surface area contributed by atoms with Crippen molar-refractivity contribution in [3.05, 3.63) is 78.4 Å². The summed E-state index contributed by atoms with van der Waals surface area (Å²) in [5, 5.41) is 4.37. The minimum absolute atomic E-state index is 0.0755. The van der Waals surface area contributed by atoms with Gasteiger partial charge in [-0.1, -0.05) is 138 Å². The Morgan fingerprint density at radius 2 is 0.783 bits per heavy atom. The lowest BCUT2D eigenvalue weighted by Gasteiger charge is -2.30. The van der Waals surface area contributed by atoms with Crippen molar-refractivity contribution in [3.63, 3.8) is 0 Å². The van der Waals surface area contributed by atoms with E-state index in [1.165, 1.54) is 17.1 Å². The van der Waals surface area contributed by atoms with Crippen LogP contribution in [0.5, 0.6) is 0 Å². The molecule has 0 aliphatic heterocycles. The van der Waals surface area contributed by atoms with Crippen LogP contribution in [-0.2, 0) is 43.8 Å². The monoisotopic (exact) mass is 840 g/mol. The van der Waals surface area contributed by atoms with Crippen molar-refractivity contribution in [1.82, 2.24) is 33.4 Å². The van der Waals surface area contributed by atoms with E-state index in [0.29, 0.717) is 0 Å². The first-order valence-electron chi connectivity index (χ1n) is 23.2. The third kappa shape index (κ3) is 22.1. The summed E-state index contributed by atoms with van der Waals surface area (Å²) in [6, 6.07) is 6.45. The molecule has 60 heavy (non-hydrogen) atoms. The van der Waals surface area contributed by atoms with E-state index in [9.17, 15) is 0 Å². The zero-order valence-electron chi connectivity index (χ0n) is 46.3. The largest absolute Gasteiger partial charge is 0.346 e. The van der Waals surface area contributed by atoms with Crippen LogP contribution in [0.3, 0.4) is 0 Å². The van der Waals surface area contributed by atoms with Gasteiger partial charge in [-0.05, 0) is 101 Å². The lowest BCUT2D eigenvalue weighted by atomic mass is 9.91. The van der Waals surface area contributed by atoms with Crippen molar-refractivity contribution in [2.45, 2.75) is 265 Å². The molecule has 0 saturated carbocycles. The van der Waals surface area contributed by atoms with E-state index in [-0.39, 0.29) is 43.8 Å². The van der Waals surface area contributed by atoms with Gasteiger partial charge in [-0.15, -0.1) is 0 Å². The van der Waals surface area contributed by atoms with E-state index < -0.39 is 0 Å². The van der Waals surface area contributed by atoms with Gasteiger partial charge in [0.1, 0.15) is 5.82 Å². The first-order chi connectivity index (χ1) is 26.9. The van der Waals surface area contributed by atoms with Gasteiger partial charge in [0, 0.05) is 86.3 Å². The van der Waals surface area contributed by atoms with E-state index in [4.69, 9.17) is 0 Å². The molecule has 0 saturated heterocycles. The fourth-order valence-electron chi connectivity index (χ4n) is 5.77. The average Bonchev–Trinajstić information content (AvgIpc) is 3.92. The molecular weight excluding hydrogens is 735 g/mol. The molecule has 0 N–H and O–H groups in total. The Labute approximate surface area is 376 Å². The quantitative estimate of drug-likeness (QED) is 0.177. The number of imidazole rings is 2. The molecule has 352 valence electrons. The number of hydrogen-bond donors (Lipinski definition) is 0. The highest BCUT2D eigenvalue weighted by molar-refractivity contribution is 5.18. The zero-order chi connectivity index (χ0) is 49.1. The predicted molar refractivity (Wildman–Crippen MR) is 271 cm³/mol. The standard InChI is InChI=1S/C12H21N.3C11H20N2.4C2H6/c1-11(2,3)10-8-7-9-13(10)12(4,5)6;1-10(2,3)9-7-12-8-13(9)11(4,5)6;1-10(2,3)9-12-7-8-13(9)11(4,5)6;1-10(2,3)9-7-8-12-13(9)11(4,5)6;4*1-2/h7-9H,1-6H3;3*7-8H,1-6H3;4*1-2H3. The molecule has 0 aliphatic rings. The fourth-order valence-corrected chi connectivity index (χ4v) is 5.77. The molecule has 7 nitrogen and oxygen atoms in total. The first kappa shape index (κ1) is 63.5. The van der Waals surface area contributed by atoms with Crippen molar-refractivity contribution in [2.75, 3.05) is 0 Å². The molecule has 0 amide bonds. The van der Waals surface area contributed by atoms with Gasteiger partial charge < -0.3 is 13.7 Å². The van der Waals surface area contributed by atoms with Crippen molar-refractivity contribution in [1.29, 1.82) is 0 Å². The van der Waals surface area contributed by atoms with Gasteiger partial charge in [0.25, 0.3) is 0 Å². The summed E-state index contributed by atoms with van der Waals surface area (Å²) in [4.78, 5) is 8.63. The predicted octanol–water partition coefficient (Wildman–Crippen LogP) is 16.5. The maximum absolute atomic E-state index is 4.42.